The van der Waals surface area contributed by atoms with Gasteiger partial charge < -0.3 is 14.1 Å². The van der Waals surface area contributed by atoms with Crippen molar-refractivity contribution in [2.75, 3.05) is 0 Å². The van der Waals surface area contributed by atoms with Crippen LogP contribution >= 0.6 is 0 Å². The molecule has 0 saturated carbocycles. The van der Waals surface area contributed by atoms with Crippen molar-refractivity contribution < 1.29 is 9.52 Å². The summed E-state index contributed by atoms with van der Waals surface area (Å²) < 4.78 is 7.25. The summed E-state index contributed by atoms with van der Waals surface area (Å²) in [4.78, 5) is 4.08. The highest BCUT2D eigenvalue weighted by Crippen LogP contribution is 2.22. The lowest BCUT2D eigenvalue weighted by Gasteiger charge is -2.07. The second kappa shape index (κ2) is 3.90. The van der Waals surface area contributed by atoms with Crippen LogP contribution in [0.15, 0.2) is 28.9 Å². The maximum absolute atomic E-state index is 9.99. The molecule has 1 N–H and O–H groups in total. The van der Waals surface area contributed by atoms with Crippen molar-refractivity contribution >= 4 is 0 Å². The minimum Gasteiger partial charge on any atom is -0.463 e. The van der Waals surface area contributed by atoms with Crippen molar-refractivity contribution in [3.63, 3.8) is 0 Å². The van der Waals surface area contributed by atoms with E-state index in [1.807, 2.05) is 20.0 Å². The highest BCUT2D eigenvalue weighted by atomic mass is 16.4. The van der Waals surface area contributed by atoms with E-state index in [1.54, 1.807) is 23.0 Å². The van der Waals surface area contributed by atoms with Crippen LogP contribution in [0.5, 0.6) is 0 Å². The van der Waals surface area contributed by atoms with Gasteiger partial charge in [-0.05, 0) is 12.1 Å². The number of rotatable bonds is 3. The molecule has 0 amide bonds. The standard InChI is InChI=1S/C11H14N2O2/c1-3-8-4-5-9(15-8)10(14)11-12-6-7-13(11)2/h4-7,10,14H,3H2,1-2H3. The van der Waals surface area contributed by atoms with Gasteiger partial charge in [0.25, 0.3) is 0 Å². The minimum absolute atomic E-state index is 0.543. The first-order valence-electron chi connectivity index (χ1n) is 4.96. The number of furan rings is 1. The van der Waals surface area contributed by atoms with Gasteiger partial charge in [-0.1, -0.05) is 6.92 Å². The summed E-state index contributed by atoms with van der Waals surface area (Å²) in [6, 6.07) is 3.67. The average Bonchev–Trinajstić information content (AvgIpc) is 2.84. The summed E-state index contributed by atoms with van der Waals surface area (Å²) in [6.45, 7) is 2.01. The summed E-state index contributed by atoms with van der Waals surface area (Å²) in [5, 5.41) is 9.99. The van der Waals surface area contributed by atoms with Gasteiger partial charge in [0.15, 0.2) is 6.10 Å². The lowest BCUT2D eigenvalue weighted by atomic mass is 10.2. The summed E-state index contributed by atoms with van der Waals surface area (Å²) in [7, 11) is 1.84. The SMILES string of the molecule is CCc1ccc(C(O)c2nccn2C)o1. The van der Waals surface area contributed by atoms with Gasteiger partial charge >= 0.3 is 0 Å². The number of hydrogen-bond donors (Lipinski definition) is 1. The maximum atomic E-state index is 9.99. The Morgan fingerprint density at radius 3 is 2.87 bits per heavy atom. The van der Waals surface area contributed by atoms with Crippen molar-refractivity contribution in [3.8, 4) is 0 Å². The van der Waals surface area contributed by atoms with Gasteiger partial charge in [0.2, 0.25) is 0 Å². The van der Waals surface area contributed by atoms with E-state index in [4.69, 9.17) is 4.42 Å². The van der Waals surface area contributed by atoms with E-state index in [1.165, 1.54) is 0 Å². The minimum atomic E-state index is -0.787. The molecule has 1 atom stereocenters. The molecule has 0 aliphatic rings. The molecule has 0 saturated heterocycles. The molecule has 0 fully saturated rings. The Balaban J connectivity index is 2.28. The molecular formula is C11H14N2O2. The van der Waals surface area contributed by atoms with E-state index in [0.29, 0.717) is 11.6 Å². The van der Waals surface area contributed by atoms with Crippen molar-refractivity contribution in [1.29, 1.82) is 0 Å². The van der Waals surface area contributed by atoms with Crippen LogP contribution in [-0.4, -0.2) is 14.7 Å². The van der Waals surface area contributed by atoms with Crippen molar-refractivity contribution in [2.45, 2.75) is 19.4 Å². The molecule has 2 aromatic heterocycles. The van der Waals surface area contributed by atoms with Gasteiger partial charge in [0.1, 0.15) is 17.3 Å². The summed E-state index contributed by atoms with van der Waals surface area (Å²) in [6.07, 6.45) is 3.49. The Morgan fingerprint density at radius 1 is 1.53 bits per heavy atom. The number of aliphatic hydroxyl groups excluding tert-OH is 1. The first kappa shape index (κ1) is 9.98. The third-order valence-electron chi connectivity index (χ3n) is 2.40. The van der Waals surface area contributed by atoms with Gasteiger partial charge in [-0.25, -0.2) is 4.98 Å². The zero-order valence-corrected chi connectivity index (χ0v) is 8.84. The Morgan fingerprint density at radius 2 is 2.33 bits per heavy atom. The lowest BCUT2D eigenvalue weighted by molar-refractivity contribution is 0.174. The van der Waals surface area contributed by atoms with Crippen LogP contribution in [0.2, 0.25) is 0 Å². The third kappa shape index (κ3) is 1.80. The molecule has 0 aliphatic heterocycles. The van der Waals surface area contributed by atoms with E-state index in [-0.39, 0.29) is 0 Å². The summed E-state index contributed by atoms with van der Waals surface area (Å²) in [5.41, 5.74) is 0. The zero-order chi connectivity index (χ0) is 10.8. The number of hydrogen-bond acceptors (Lipinski definition) is 3. The van der Waals surface area contributed by atoms with Crippen LogP contribution in [0.25, 0.3) is 0 Å². The summed E-state index contributed by atoms with van der Waals surface area (Å²) in [5.74, 6) is 2.01. The molecule has 0 spiro atoms. The number of aliphatic hydroxyl groups is 1. The fourth-order valence-corrected chi connectivity index (χ4v) is 1.50. The second-order valence-corrected chi connectivity index (χ2v) is 3.46. The van der Waals surface area contributed by atoms with Crippen LogP contribution in [0, 0.1) is 0 Å². The highest BCUT2D eigenvalue weighted by molar-refractivity contribution is 5.15. The van der Waals surface area contributed by atoms with Crippen LogP contribution in [-0.2, 0) is 13.5 Å². The van der Waals surface area contributed by atoms with Gasteiger partial charge in [-0.3, -0.25) is 0 Å². The molecule has 15 heavy (non-hydrogen) atoms. The van der Waals surface area contributed by atoms with Crippen LogP contribution in [0.4, 0.5) is 0 Å². The molecule has 1 unspecified atom stereocenters. The average molecular weight is 206 g/mol. The van der Waals surface area contributed by atoms with Crippen molar-refractivity contribution in [3.05, 3.63) is 41.9 Å². The number of aromatic nitrogens is 2. The normalized spacial score (nSPS) is 13.0. The number of aryl methyl sites for hydroxylation is 2. The monoisotopic (exact) mass is 206 g/mol. The van der Waals surface area contributed by atoms with E-state index in [9.17, 15) is 5.11 Å². The molecule has 0 radical (unpaired) electrons. The molecule has 4 heteroatoms. The fraction of sp³-hybridized carbons (Fsp3) is 0.364. The van der Waals surface area contributed by atoms with E-state index in [2.05, 4.69) is 4.98 Å². The molecule has 4 nitrogen and oxygen atoms in total. The van der Waals surface area contributed by atoms with Gasteiger partial charge in [-0.15, -0.1) is 0 Å². The Kier molecular flexibility index (Phi) is 2.60. The summed E-state index contributed by atoms with van der Waals surface area (Å²) >= 11 is 0. The number of nitrogens with zero attached hydrogens (tertiary/aromatic N) is 2. The van der Waals surface area contributed by atoms with Crippen molar-refractivity contribution in [2.24, 2.45) is 7.05 Å². The molecule has 2 aromatic rings. The van der Waals surface area contributed by atoms with E-state index in [0.717, 1.165) is 12.2 Å². The van der Waals surface area contributed by atoms with Crippen LogP contribution in [0.3, 0.4) is 0 Å². The third-order valence-corrected chi connectivity index (χ3v) is 2.40. The van der Waals surface area contributed by atoms with Crippen LogP contribution < -0.4 is 0 Å². The molecule has 0 bridgehead atoms. The first-order chi connectivity index (χ1) is 7.22. The topological polar surface area (TPSA) is 51.2 Å². The molecule has 0 aromatic carbocycles. The van der Waals surface area contributed by atoms with Gasteiger partial charge in [0.05, 0.1) is 0 Å². The molecule has 2 heterocycles. The van der Waals surface area contributed by atoms with Crippen LogP contribution in [0.1, 0.15) is 30.4 Å². The highest BCUT2D eigenvalue weighted by Gasteiger charge is 2.18. The predicted molar refractivity (Wildman–Crippen MR) is 55.4 cm³/mol. The zero-order valence-electron chi connectivity index (χ0n) is 8.84. The number of imidazole rings is 1. The molecule has 2 rings (SSSR count). The fourth-order valence-electron chi connectivity index (χ4n) is 1.50. The first-order valence-corrected chi connectivity index (χ1v) is 4.96. The second-order valence-electron chi connectivity index (χ2n) is 3.46. The van der Waals surface area contributed by atoms with E-state index < -0.39 is 6.10 Å². The Bertz CT molecular complexity index is 445. The maximum Gasteiger partial charge on any atom is 0.169 e. The Hall–Kier alpha value is -1.55. The quantitative estimate of drug-likeness (QED) is 0.830. The lowest BCUT2D eigenvalue weighted by Crippen LogP contribution is -2.05. The Labute approximate surface area is 88.2 Å². The van der Waals surface area contributed by atoms with Gasteiger partial charge in [0, 0.05) is 25.9 Å². The molecular weight excluding hydrogens is 192 g/mol. The smallest absolute Gasteiger partial charge is 0.169 e. The van der Waals surface area contributed by atoms with Gasteiger partial charge in [-0.2, -0.15) is 0 Å². The largest absolute Gasteiger partial charge is 0.463 e. The molecule has 0 aliphatic carbocycles. The van der Waals surface area contributed by atoms with E-state index >= 15 is 0 Å². The molecule has 80 valence electrons. The van der Waals surface area contributed by atoms with Crippen molar-refractivity contribution in [1.82, 2.24) is 9.55 Å². The predicted octanol–water partition coefficient (Wildman–Crippen LogP) is 1.66.